The summed E-state index contributed by atoms with van der Waals surface area (Å²) in [6.45, 7) is 3.00. The summed E-state index contributed by atoms with van der Waals surface area (Å²) < 4.78 is 0. The van der Waals surface area contributed by atoms with Crippen LogP contribution in [-0.4, -0.2) is 30.5 Å². The first-order valence-electron chi connectivity index (χ1n) is 6.11. The first kappa shape index (κ1) is 12.0. The lowest BCUT2D eigenvalue weighted by atomic mass is 10.0. The summed E-state index contributed by atoms with van der Waals surface area (Å²) in [4.78, 5) is 18.2. The Balaban J connectivity index is 2.24. The van der Waals surface area contributed by atoms with E-state index in [2.05, 4.69) is 17.2 Å². The molecule has 2 heterocycles. The van der Waals surface area contributed by atoms with Crippen molar-refractivity contribution in [3.05, 3.63) is 24.5 Å². The number of rotatable bonds is 2. The molecule has 17 heavy (non-hydrogen) atoms. The lowest BCUT2D eigenvalue weighted by molar-refractivity contribution is -0.120. The van der Waals surface area contributed by atoms with Crippen LogP contribution in [0.4, 0.5) is 5.69 Å². The number of nitrogens with one attached hydrogen (secondary N) is 1. The van der Waals surface area contributed by atoms with E-state index in [1.165, 1.54) is 0 Å². The maximum atomic E-state index is 12.4. The highest BCUT2D eigenvalue weighted by Gasteiger charge is 2.29. The minimum absolute atomic E-state index is 0.0688. The summed E-state index contributed by atoms with van der Waals surface area (Å²) >= 11 is 0. The second-order valence-corrected chi connectivity index (χ2v) is 4.67. The summed E-state index contributed by atoms with van der Waals surface area (Å²) in [7, 11) is 1.85. The van der Waals surface area contributed by atoms with Gasteiger partial charge in [-0.15, -0.1) is 0 Å². The van der Waals surface area contributed by atoms with Crippen LogP contribution in [0.1, 0.15) is 19.8 Å². The lowest BCUT2D eigenvalue weighted by Gasteiger charge is -2.23. The van der Waals surface area contributed by atoms with E-state index in [0.717, 1.165) is 25.1 Å². The van der Waals surface area contributed by atoms with E-state index < -0.39 is 0 Å². The monoisotopic (exact) mass is 233 g/mol. The fourth-order valence-electron chi connectivity index (χ4n) is 2.29. The molecule has 0 aromatic carbocycles. The molecule has 1 aliphatic rings. The van der Waals surface area contributed by atoms with E-state index in [9.17, 15) is 4.79 Å². The number of carbonyl (C=O) groups is 1. The second kappa shape index (κ2) is 5.27. The molecular formula is C13H19N3O. The maximum Gasteiger partial charge on any atom is 0.244 e. The van der Waals surface area contributed by atoms with Crippen molar-refractivity contribution in [1.29, 1.82) is 0 Å². The number of amides is 1. The number of hydrogen-bond donors (Lipinski definition) is 1. The van der Waals surface area contributed by atoms with Crippen molar-refractivity contribution < 1.29 is 4.79 Å². The van der Waals surface area contributed by atoms with Gasteiger partial charge in [0.15, 0.2) is 0 Å². The molecule has 0 saturated carbocycles. The third kappa shape index (κ3) is 2.64. The highest BCUT2D eigenvalue weighted by Crippen LogP contribution is 2.22. The summed E-state index contributed by atoms with van der Waals surface area (Å²) in [5.41, 5.74) is 0.944. The van der Waals surface area contributed by atoms with Crippen LogP contribution >= 0.6 is 0 Å². The van der Waals surface area contributed by atoms with Gasteiger partial charge in [0.2, 0.25) is 5.91 Å². The van der Waals surface area contributed by atoms with Gasteiger partial charge in [0, 0.05) is 24.6 Å². The van der Waals surface area contributed by atoms with Crippen LogP contribution in [0.5, 0.6) is 0 Å². The number of carbonyl (C=O) groups excluding carboxylic acids is 1. The van der Waals surface area contributed by atoms with Gasteiger partial charge in [-0.3, -0.25) is 9.78 Å². The maximum absolute atomic E-state index is 12.4. The Labute approximate surface area is 102 Å². The Morgan fingerprint density at radius 3 is 2.76 bits per heavy atom. The molecule has 1 aromatic heterocycles. The van der Waals surface area contributed by atoms with Crippen molar-refractivity contribution in [2.45, 2.75) is 25.8 Å². The highest BCUT2D eigenvalue weighted by molar-refractivity contribution is 5.97. The molecule has 1 fully saturated rings. The van der Waals surface area contributed by atoms with Crippen LogP contribution in [0.15, 0.2) is 24.5 Å². The van der Waals surface area contributed by atoms with Crippen molar-refractivity contribution in [2.24, 2.45) is 5.92 Å². The summed E-state index contributed by atoms with van der Waals surface area (Å²) in [5, 5.41) is 3.12. The largest absolute Gasteiger partial charge is 0.311 e. The zero-order valence-electron chi connectivity index (χ0n) is 10.4. The summed E-state index contributed by atoms with van der Waals surface area (Å²) in [6, 6.07) is 3.71. The molecule has 92 valence electrons. The second-order valence-electron chi connectivity index (χ2n) is 4.67. The first-order valence-corrected chi connectivity index (χ1v) is 6.11. The molecule has 0 spiro atoms. The van der Waals surface area contributed by atoms with Crippen LogP contribution in [0.25, 0.3) is 0 Å². The van der Waals surface area contributed by atoms with Crippen molar-refractivity contribution in [3.8, 4) is 0 Å². The Morgan fingerprint density at radius 1 is 1.41 bits per heavy atom. The van der Waals surface area contributed by atoms with Gasteiger partial charge in [0.25, 0.3) is 0 Å². The van der Waals surface area contributed by atoms with Gasteiger partial charge in [-0.1, -0.05) is 6.92 Å². The third-order valence-corrected chi connectivity index (χ3v) is 3.37. The quantitative estimate of drug-likeness (QED) is 0.840. The number of nitrogens with zero attached hydrogens (tertiary/aromatic N) is 2. The van der Waals surface area contributed by atoms with E-state index in [4.69, 9.17) is 0 Å². The number of aromatic nitrogens is 1. The number of hydrogen-bond acceptors (Lipinski definition) is 3. The Hall–Kier alpha value is -1.42. The minimum Gasteiger partial charge on any atom is -0.311 e. The Kier molecular flexibility index (Phi) is 3.74. The van der Waals surface area contributed by atoms with E-state index in [1.807, 2.05) is 24.1 Å². The molecule has 0 aliphatic carbocycles. The third-order valence-electron chi connectivity index (χ3n) is 3.37. The zero-order chi connectivity index (χ0) is 12.3. The molecule has 2 atom stereocenters. The number of pyridine rings is 1. The fraction of sp³-hybridized carbons (Fsp3) is 0.538. The minimum atomic E-state index is -0.0688. The SMILES string of the molecule is CNC1CC(C)CCN(c2ccncc2)C1=O. The summed E-state index contributed by atoms with van der Waals surface area (Å²) in [6.07, 6.45) is 5.42. The van der Waals surface area contributed by atoms with Gasteiger partial charge < -0.3 is 10.2 Å². The van der Waals surface area contributed by atoms with Crippen molar-refractivity contribution >= 4 is 11.6 Å². The summed E-state index contributed by atoms with van der Waals surface area (Å²) in [5.74, 6) is 0.742. The van der Waals surface area contributed by atoms with E-state index in [0.29, 0.717) is 5.92 Å². The van der Waals surface area contributed by atoms with Gasteiger partial charge in [-0.25, -0.2) is 0 Å². The smallest absolute Gasteiger partial charge is 0.244 e. The van der Waals surface area contributed by atoms with E-state index in [1.54, 1.807) is 12.4 Å². The molecule has 4 heteroatoms. The van der Waals surface area contributed by atoms with Crippen LogP contribution in [0.3, 0.4) is 0 Å². The number of likely N-dealkylation sites (N-methyl/N-ethyl adjacent to an activating group) is 1. The topological polar surface area (TPSA) is 45.2 Å². The van der Waals surface area contributed by atoms with Crippen LogP contribution in [0.2, 0.25) is 0 Å². The molecular weight excluding hydrogens is 214 g/mol. The normalized spacial score (nSPS) is 25.8. The molecule has 1 N–H and O–H groups in total. The van der Waals surface area contributed by atoms with Gasteiger partial charge in [0.05, 0.1) is 6.04 Å². The van der Waals surface area contributed by atoms with Gasteiger partial charge >= 0.3 is 0 Å². The van der Waals surface area contributed by atoms with Gasteiger partial charge in [-0.2, -0.15) is 0 Å². The predicted octanol–water partition coefficient (Wildman–Crippen LogP) is 1.43. The van der Waals surface area contributed by atoms with Gasteiger partial charge in [0.1, 0.15) is 0 Å². The van der Waals surface area contributed by atoms with Crippen LogP contribution in [0, 0.1) is 5.92 Å². The predicted molar refractivity (Wildman–Crippen MR) is 67.8 cm³/mol. The molecule has 0 bridgehead atoms. The molecule has 0 radical (unpaired) electrons. The van der Waals surface area contributed by atoms with Crippen molar-refractivity contribution in [3.63, 3.8) is 0 Å². The lowest BCUT2D eigenvalue weighted by Crippen LogP contribution is -2.44. The van der Waals surface area contributed by atoms with Gasteiger partial charge in [-0.05, 0) is 37.9 Å². The Morgan fingerprint density at radius 2 is 2.12 bits per heavy atom. The molecule has 4 nitrogen and oxygen atoms in total. The van der Waals surface area contributed by atoms with Crippen molar-refractivity contribution in [2.75, 3.05) is 18.5 Å². The van der Waals surface area contributed by atoms with Crippen molar-refractivity contribution in [1.82, 2.24) is 10.3 Å². The van der Waals surface area contributed by atoms with Crippen LogP contribution in [-0.2, 0) is 4.79 Å². The standard InChI is InChI=1S/C13H19N3O/c1-10-5-8-16(11-3-6-15-7-4-11)13(17)12(9-10)14-2/h3-4,6-7,10,12,14H,5,8-9H2,1-2H3. The molecule has 2 unspecified atom stereocenters. The molecule has 1 aromatic rings. The number of anilines is 1. The zero-order valence-corrected chi connectivity index (χ0v) is 10.4. The highest BCUT2D eigenvalue weighted by atomic mass is 16.2. The molecule has 2 rings (SSSR count). The first-order chi connectivity index (χ1) is 8.22. The van der Waals surface area contributed by atoms with E-state index >= 15 is 0 Å². The Bertz CT molecular complexity index is 380. The van der Waals surface area contributed by atoms with Crippen LogP contribution < -0.4 is 10.2 Å². The van der Waals surface area contributed by atoms with E-state index in [-0.39, 0.29) is 11.9 Å². The fourth-order valence-corrected chi connectivity index (χ4v) is 2.29. The average Bonchev–Trinajstić information content (AvgIpc) is 2.50. The molecule has 1 aliphatic heterocycles. The molecule has 1 saturated heterocycles. The molecule has 1 amide bonds. The average molecular weight is 233 g/mol.